The number of hydrogen-bond acceptors (Lipinski definition) is 2. The van der Waals surface area contributed by atoms with E-state index in [0.717, 1.165) is 0 Å². The normalized spacial score (nSPS) is 11.7. The summed E-state index contributed by atoms with van der Waals surface area (Å²) in [5.74, 6) is 0.688. The van der Waals surface area contributed by atoms with E-state index in [1.54, 1.807) is 6.26 Å². The smallest absolute Gasteiger partial charge is 0.00987 e. The molecule has 0 atom stereocenters. The molecule has 2 nitrogen and oxygen atoms in total. The molecule has 0 heterocycles. The first-order valence-electron chi connectivity index (χ1n) is 1.81. The fraction of sp³-hybridized carbons (Fsp3) is 1.00. The second kappa shape index (κ2) is 1.60. The largest absolute Gasteiger partial charge is 0.271 e. The van der Waals surface area contributed by atoms with E-state index in [1.165, 1.54) is 0 Å². The molecule has 2 N–H and O–H groups in total. The average Bonchev–Trinajstić information content (AvgIpc) is 1.35. The highest BCUT2D eigenvalue weighted by Crippen LogP contribution is 1.80. The van der Waals surface area contributed by atoms with Gasteiger partial charge in [0, 0.05) is 12.0 Å². The highest BCUT2D eigenvalue weighted by molar-refractivity contribution is 7.92. The predicted molar refractivity (Wildman–Crippen MR) is 29.3 cm³/mol. The molecule has 38 valence electrons. The topological polar surface area (TPSA) is 47.7 Å². The molecule has 0 spiro atoms. The molecule has 3 heteroatoms. The van der Waals surface area contributed by atoms with Crippen LogP contribution in [0.25, 0.3) is 0 Å². The summed E-state index contributed by atoms with van der Waals surface area (Å²) < 4.78 is 13.9. The lowest BCUT2D eigenvalue weighted by Crippen LogP contribution is -1.91. The van der Waals surface area contributed by atoms with Crippen LogP contribution in [0.3, 0.4) is 0 Å². The van der Waals surface area contributed by atoms with E-state index in [0.29, 0.717) is 5.75 Å². The van der Waals surface area contributed by atoms with Crippen molar-refractivity contribution in [2.75, 3.05) is 12.0 Å². The van der Waals surface area contributed by atoms with Crippen molar-refractivity contribution in [2.45, 2.75) is 6.92 Å². The Hall–Kier alpha value is -0.0500. The van der Waals surface area contributed by atoms with Gasteiger partial charge in [0.1, 0.15) is 0 Å². The van der Waals surface area contributed by atoms with E-state index < -0.39 is 9.62 Å². The molecule has 0 rings (SSSR count). The van der Waals surface area contributed by atoms with Gasteiger partial charge in [-0.25, -0.2) is 0 Å². The minimum absolute atomic E-state index is 0.688. The monoisotopic (exact) mass is 106 g/mol. The summed E-state index contributed by atoms with van der Waals surface area (Å²) >= 11 is 0. The van der Waals surface area contributed by atoms with Gasteiger partial charge >= 0.3 is 0 Å². The Bertz CT molecular complexity index is 111. The first-order valence-corrected chi connectivity index (χ1v) is 4.02. The fourth-order valence-corrected chi connectivity index (χ4v) is 0. The van der Waals surface area contributed by atoms with Crippen LogP contribution < -0.4 is 0 Å². The quantitative estimate of drug-likeness (QED) is 0.506. The van der Waals surface area contributed by atoms with Crippen LogP contribution in [0.1, 0.15) is 6.92 Å². The van der Waals surface area contributed by atoms with Gasteiger partial charge in [-0.05, 0) is 0 Å². The Morgan fingerprint density at radius 1 is 1.50 bits per heavy atom. The maximum atomic E-state index is 6.93. The summed E-state index contributed by atoms with van der Waals surface area (Å²) in [6, 6.07) is 0. The first-order chi connectivity index (χ1) is 2.56. The maximum Gasteiger partial charge on any atom is 0.00987 e. The lowest BCUT2D eigenvalue weighted by Gasteiger charge is -1.92. The van der Waals surface area contributed by atoms with E-state index in [9.17, 15) is 0 Å². The van der Waals surface area contributed by atoms with Gasteiger partial charge in [0.05, 0.1) is 0 Å². The molecule has 0 saturated heterocycles. The maximum absolute atomic E-state index is 6.93. The molecular weight excluding hydrogens is 96.1 g/mol. The SMILES string of the molecule is CCS(C)(=N)=N. The second-order valence-corrected chi connectivity index (χ2v) is 4.13. The van der Waals surface area contributed by atoms with Crippen molar-refractivity contribution in [3.8, 4) is 0 Å². The Morgan fingerprint density at radius 3 is 1.67 bits per heavy atom. The van der Waals surface area contributed by atoms with Crippen LogP contribution in [0.5, 0.6) is 0 Å². The van der Waals surface area contributed by atoms with Crippen LogP contribution in [0.2, 0.25) is 0 Å². The molecule has 0 aromatic carbocycles. The van der Waals surface area contributed by atoms with Crippen LogP contribution in [-0.4, -0.2) is 12.0 Å². The van der Waals surface area contributed by atoms with Crippen molar-refractivity contribution in [1.29, 1.82) is 9.56 Å². The second-order valence-electron chi connectivity index (χ2n) is 1.38. The van der Waals surface area contributed by atoms with Crippen molar-refractivity contribution < 1.29 is 0 Å². The number of rotatable bonds is 1. The van der Waals surface area contributed by atoms with Gasteiger partial charge in [-0.2, -0.15) is 0 Å². The minimum Gasteiger partial charge on any atom is -0.271 e. The van der Waals surface area contributed by atoms with Gasteiger partial charge < -0.3 is 0 Å². The molecule has 0 radical (unpaired) electrons. The van der Waals surface area contributed by atoms with Gasteiger partial charge in [0.15, 0.2) is 0 Å². The molecule has 0 aliphatic rings. The van der Waals surface area contributed by atoms with Gasteiger partial charge in [0.2, 0.25) is 0 Å². The molecule has 0 aromatic rings. The lowest BCUT2D eigenvalue weighted by atomic mass is 11.0. The van der Waals surface area contributed by atoms with Gasteiger partial charge in [0.25, 0.3) is 0 Å². The number of nitrogens with one attached hydrogen (secondary N) is 2. The molecule has 0 bridgehead atoms. The van der Waals surface area contributed by atoms with Crippen LogP contribution in [0.4, 0.5) is 0 Å². The Morgan fingerprint density at radius 2 is 1.67 bits per heavy atom. The van der Waals surface area contributed by atoms with Crippen molar-refractivity contribution in [1.82, 2.24) is 0 Å². The molecule has 0 fully saturated rings. The first kappa shape index (κ1) is 5.95. The lowest BCUT2D eigenvalue weighted by molar-refractivity contribution is 1.41. The molecule has 0 saturated carbocycles. The molecule has 6 heavy (non-hydrogen) atoms. The summed E-state index contributed by atoms with van der Waals surface area (Å²) in [6.45, 7) is 1.87. The third-order valence-corrected chi connectivity index (χ3v) is 1.73. The Balaban J connectivity index is 3.85. The van der Waals surface area contributed by atoms with E-state index in [4.69, 9.17) is 9.56 Å². The van der Waals surface area contributed by atoms with Crippen LogP contribution in [0, 0.1) is 9.56 Å². The zero-order valence-electron chi connectivity index (χ0n) is 4.12. The van der Waals surface area contributed by atoms with Crippen molar-refractivity contribution in [3.05, 3.63) is 0 Å². The highest BCUT2D eigenvalue weighted by Gasteiger charge is 1.79. The highest BCUT2D eigenvalue weighted by atomic mass is 32.2. The zero-order valence-corrected chi connectivity index (χ0v) is 4.93. The molecule has 0 unspecified atom stereocenters. The van der Waals surface area contributed by atoms with Gasteiger partial charge in [-0.3, -0.25) is 9.56 Å². The molecular formula is C3H10N2S. The van der Waals surface area contributed by atoms with E-state index in [2.05, 4.69) is 0 Å². The summed E-state index contributed by atoms with van der Waals surface area (Å²) in [5, 5.41) is 0. The summed E-state index contributed by atoms with van der Waals surface area (Å²) in [4.78, 5) is 0. The summed E-state index contributed by atoms with van der Waals surface area (Å²) in [5.41, 5.74) is 0. The van der Waals surface area contributed by atoms with Crippen molar-refractivity contribution >= 4 is 9.62 Å². The fourth-order valence-electron chi connectivity index (χ4n) is 0. The minimum atomic E-state index is -1.66. The van der Waals surface area contributed by atoms with Crippen LogP contribution in [-0.2, 0) is 9.62 Å². The van der Waals surface area contributed by atoms with Gasteiger partial charge in [-0.15, -0.1) is 0 Å². The third kappa shape index (κ3) is 3.95. The third-order valence-electron chi connectivity index (χ3n) is 0.577. The molecule has 0 aromatic heterocycles. The molecule has 0 aliphatic carbocycles. The van der Waals surface area contributed by atoms with Gasteiger partial charge in [-0.1, -0.05) is 16.5 Å². The van der Waals surface area contributed by atoms with Crippen LogP contribution in [0.15, 0.2) is 0 Å². The Kier molecular flexibility index (Phi) is 1.59. The summed E-state index contributed by atoms with van der Waals surface area (Å²) in [6.07, 6.45) is 1.66. The Labute approximate surface area is 39.0 Å². The van der Waals surface area contributed by atoms with E-state index in [1.807, 2.05) is 6.92 Å². The zero-order chi connectivity index (χ0) is 5.21. The van der Waals surface area contributed by atoms with E-state index in [-0.39, 0.29) is 0 Å². The van der Waals surface area contributed by atoms with Crippen LogP contribution >= 0.6 is 0 Å². The summed E-state index contributed by atoms with van der Waals surface area (Å²) in [7, 11) is -1.66. The van der Waals surface area contributed by atoms with E-state index >= 15 is 0 Å². The molecule has 0 amide bonds. The van der Waals surface area contributed by atoms with Crippen molar-refractivity contribution in [2.24, 2.45) is 0 Å². The average molecular weight is 106 g/mol. The number of hydrogen-bond donors (Lipinski definition) is 2. The predicted octanol–water partition coefficient (Wildman–Crippen LogP) is 1.31. The standard InChI is InChI=1S/C3H10N2S/c1-3-6(2,4)5/h4-5H,3H2,1-2H3. The molecule has 0 aliphatic heterocycles. The van der Waals surface area contributed by atoms with Crippen molar-refractivity contribution in [3.63, 3.8) is 0 Å².